The Kier molecular flexibility index (Phi) is 10.7. The third-order valence-electron chi connectivity index (χ3n) is 9.50. The number of aliphatic carboxylic acids is 1. The molecule has 0 radical (unpaired) electrons. The van der Waals surface area contributed by atoms with Crippen LogP contribution in [-0.4, -0.2) is 76.9 Å². The van der Waals surface area contributed by atoms with Gasteiger partial charge in [0.25, 0.3) is 5.91 Å². The van der Waals surface area contributed by atoms with E-state index in [1.807, 2.05) is 52.3 Å². The minimum Gasteiger partial charge on any atom is -0.488 e. The standard InChI is InChI=1S/C37H37ClF3N3O5/c38-28-6-2-1-5-24(28)21-43(25-11-12-25)36(46)33-27(18-26-19-42-20-32(33)44(26)31(15-16-45)37(47)48)23-9-7-22(8-10-23)4-3-17-49-35-30(40)14-13-29(39)34(35)41/h1-2,5-10,13-14,16,25-26,31-32,42H,3-4,11-12,15,17-21H2,(H,47,48)/t26-,31?,32-/m1/s1. The monoisotopic (exact) mass is 695 g/mol. The number of ether oxygens (including phenoxy) is 1. The highest BCUT2D eigenvalue weighted by molar-refractivity contribution is 6.31. The van der Waals surface area contributed by atoms with Gasteiger partial charge in [-0.2, -0.15) is 4.39 Å². The fourth-order valence-corrected chi connectivity index (χ4v) is 7.16. The predicted octanol–water partition coefficient (Wildman–Crippen LogP) is 5.80. The number of amides is 1. The average molecular weight is 696 g/mol. The summed E-state index contributed by atoms with van der Waals surface area (Å²) in [7, 11) is 0. The van der Waals surface area contributed by atoms with Gasteiger partial charge in [0, 0.05) is 48.7 Å². The largest absolute Gasteiger partial charge is 0.488 e. The Balaban J connectivity index is 1.29. The number of hydrogen-bond acceptors (Lipinski definition) is 6. The van der Waals surface area contributed by atoms with E-state index in [0.29, 0.717) is 61.8 Å². The number of carboxylic acids is 1. The lowest BCUT2D eigenvalue weighted by atomic mass is 9.80. The number of carbonyl (C=O) groups excluding carboxylic acids is 2. The van der Waals surface area contributed by atoms with E-state index in [2.05, 4.69) is 5.32 Å². The number of aldehydes is 1. The molecule has 6 rings (SSSR count). The summed E-state index contributed by atoms with van der Waals surface area (Å²) in [5, 5.41) is 14.1. The number of carboxylic acid groups (broad SMARTS) is 1. The Labute approximate surface area is 287 Å². The molecule has 0 spiro atoms. The van der Waals surface area contributed by atoms with Gasteiger partial charge in [0.2, 0.25) is 5.82 Å². The summed E-state index contributed by atoms with van der Waals surface area (Å²) in [5.41, 5.74) is 3.93. The minimum atomic E-state index is -1.36. The normalized spacial score (nSPS) is 19.8. The van der Waals surface area contributed by atoms with Crippen molar-refractivity contribution in [3.63, 3.8) is 0 Å². The van der Waals surface area contributed by atoms with Crippen molar-refractivity contribution in [2.24, 2.45) is 0 Å². The zero-order valence-electron chi connectivity index (χ0n) is 26.7. The average Bonchev–Trinajstić information content (AvgIpc) is 3.93. The highest BCUT2D eigenvalue weighted by Crippen LogP contribution is 2.41. The Morgan fingerprint density at radius 1 is 1.04 bits per heavy atom. The molecule has 1 saturated carbocycles. The Hall–Kier alpha value is -4.19. The molecule has 1 saturated heterocycles. The number of benzene rings is 3. The second-order valence-electron chi connectivity index (χ2n) is 12.7. The first-order valence-electron chi connectivity index (χ1n) is 16.5. The van der Waals surface area contributed by atoms with Gasteiger partial charge < -0.3 is 24.9 Å². The number of aryl methyl sites for hydroxylation is 1. The van der Waals surface area contributed by atoms with Gasteiger partial charge in [-0.15, -0.1) is 0 Å². The van der Waals surface area contributed by atoms with Gasteiger partial charge in [0.15, 0.2) is 17.4 Å². The van der Waals surface area contributed by atoms with Crippen LogP contribution in [0.25, 0.3) is 5.57 Å². The molecule has 3 aromatic carbocycles. The van der Waals surface area contributed by atoms with Gasteiger partial charge in [-0.25, -0.2) is 8.78 Å². The van der Waals surface area contributed by atoms with E-state index in [4.69, 9.17) is 16.3 Å². The van der Waals surface area contributed by atoms with Crippen molar-refractivity contribution in [2.75, 3.05) is 19.7 Å². The topological polar surface area (TPSA) is 99.2 Å². The third kappa shape index (κ3) is 7.54. The van der Waals surface area contributed by atoms with E-state index in [-0.39, 0.29) is 31.0 Å². The lowest BCUT2D eigenvalue weighted by Crippen LogP contribution is -2.66. The van der Waals surface area contributed by atoms with Crippen molar-refractivity contribution in [1.82, 2.24) is 15.1 Å². The highest BCUT2D eigenvalue weighted by Gasteiger charge is 2.48. The van der Waals surface area contributed by atoms with Crippen molar-refractivity contribution < 1.29 is 37.4 Å². The van der Waals surface area contributed by atoms with Gasteiger partial charge in [-0.1, -0.05) is 54.1 Å². The second-order valence-corrected chi connectivity index (χ2v) is 13.1. The maximum Gasteiger partial charge on any atom is 0.321 e. The van der Waals surface area contributed by atoms with E-state index in [9.17, 15) is 32.7 Å². The number of fused-ring (bicyclic) bond motifs is 2. The van der Waals surface area contributed by atoms with Crippen molar-refractivity contribution in [2.45, 2.75) is 69.2 Å². The first-order valence-corrected chi connectivity index (χ1v) is 16.8. The molecule has 49 heavy (non-hydrogen) atoms. The van der Waals surface area contributed by atoms with E-state index in [1.165, 1.54) is 0 Å². The van der Waals surface area contributed by atoms with Crippen LogP contribution >= 0.6 is 11.6 Å². The van der Waals surface area contributed by atoms with Gasteiger partial charge in [-0.05, 0) is 72.6 Å². The zero-order chi connectivity index (χ0) is 34.7. The fourth-order valence-electron chi connectivity index (χ4n) is 6.97. The lowest BCUT2D eigenvalue weighted by molar-refractivity contribution is -0.148. The van der Waals surface area contributed by atoms with E-state index in [0.717, 1.165) is 41.2 Å². The van der Waals surface area contributed by atoms with Crippen molar-refractivity contribution >= 4 is 35.3 Å². The number of rotatable bonds is 14. The Morgan fingerprint density at radius 2 is 1.78 bits per heavy atom. The van der Waals surface area contributed by atoms with Crippen LogP contribution < -0.4 is 10.1 Å². The van der Waals surface area contributed by atoms with Gasteiger partial charge in [0.1, 0.15) is 12.3 Å². The molecule has 3 aliphatic rings. The molecule has 2 aliphatic heterocycles. The quantitative estimate of drug-likeness (QED) is 0.125. The lowest BCUT2D eigenvalue weighted by Gasteiger charge is -2.50. The predicted molar refractivity (Wildman–Crippen MR) is 178 cm³/mol. The molecule has 8 nitrogen and oxygen atoms in total. The van der Waals surface area contributed by atoms with Crippen LogP contribution in [0.15, 0.2) is 66.2 Å². The molecular weight excluding hydrogens is 659 g/mol. The van der Waals surface area contributed by atoms with Crippen molar-refractivity contribution in [1.29, 1.82) is 0 Å². The summed E-state index contributed by atoms with van der Waals surface area (Å²) in [6, 6.07) is 14.7. The van der Waals surface area contributed by atoms with Gasteiger partial charge in [0.05, 0.1) is 12.6 Å². The molecule has 3 aromatic rings. The SMILES string of the molecule is O=CCC(C(=O)O)N1[C@H]2CNC[C@@H]1C(C(=O)N(Cc1ccccc1Cl)C1CC1)=C(c1ccc(CCCOc3c(F)ccc(F)c3F)cc1)C2. The van der Waals surface area contributed by atoms with Crippen LogP contribution in [0.5, 0.6) is 5.75 Å². The third-order valence-corrected chi connectivity index (χ3v) is 9.87. The molecule has 2 bridgehead atoms. The summed E-state index contributed by atoms with van der Waals surface area (Å²) in [4.78, 5) is 42.5. The molecule has 2 heterocycles. The van der Waals surface area contributed by atoms with Crippen LogP contribution in [-0.2, 0) is 27.3 Å². The van der Waals surface area contributed by atoms with Gasteiger partial charge >= 0.3 is 5.97 Å². The molecule has 258 valence electrons. The molecule has 12 heteroatoms. The van der Waals surface area contributed by atoms with Crippen LogP contribution in [0, 0.1) is 17.5 Å². The number of halogens is 4. The number of piperazine rings is 1. The number of hydrogen-bond donors (Lipinski definition) is 2. The summed E-state index contributed by atoms with van der Waals surface area (Å²) in [6.07, 6.45) is 3.47. The van der Waals surface area contributed by atoms with E-state index < -0.39 is 41.3 Å². The van der Waals surface area contributed by atoms with E-state index in [1.54, 1.807) is 6.07 Å². The number of nitrogens with zero attached hydrogens (tertiary/aromatic N) is 2. The van der Waals surface area contributed by atoms with Crippen LogP contribution in [0.3, 0.4) is 0 Å². The summed E-state index contributed by atoms with van der Waals surface area (Å²) in [6.45, 7) is 1.13. The van der Waals surface area contributed by atoms with Crippen molar-refractivity contribution in [3.8, 4) is 5.75 Å². The minimum absolute atomic E-state index is 0.0248. The number of nitrogens with one attached hydrogen (secondary N) is 1. The molecule has 2 N–H and O–H groups in total. The maximum atomic E-state index is 14.8. The molecule has 0 aromatic heterocycles. The molecule has 1 unspecified atom stereocenters. The second kappa shape index (κ2) is 15.1. The molecular formula is C37H37ClF3N3O5. The smallest absolute Gasteiger partial charge is 0.321 e. The first-order chi connectivity index (χ1) is 23.7. The first kappa shape index (κ1) is 34.7. The van der Waals surface area contributed by atoms with Crippen LogP contribution in [0.1, 0.15) is 48.8 Å². The molecule has 1 amide bonds. The summed E-state index contributed by atoms with van der Waals surface area (Å²) in [5.74, 6) is -5.54. The van der Waals surface area contributed by atoms with Gasteiger partial charge in [-0.3, -0.25) is 14.5 Å². The molecule has 1 aliphatic carbocycles. The van der Waals surface area contributed by atoms with Crippen LogP contribution in [0.4, 0.5) is 13.2 Å². The van der Waals surface area contributed by atoms with Crippen LogP contribution in [0.2, 0.25) is 5.02 Å². The maximum absolute atomic E-state index is 14.8. The molecule has 3 atom stereocenters. The fraction of sp³-hybridized carbons (Fsp3) is 0.378. The Bertz CT molecular complexity index is 1750. The summed E-state index contributed by atoms with van der Waals surface area (Å²) >= 11 is 6.52. The highest BCUT2D eigenvalue weighted by atomic mass is 35.5. The Morgan fingerprint density at radius 3 is 2.47 bits per heavy atom. The van der Waals surface area contributed by atoms with Crippen molar-refractivity contribution in [3.05, 3.63) is 105 Å². The van der Waals surface area contributed by atoms with E-state index >= 15 is 0 Å². The number of carbonyl (C=O) groups is 3. The summed E-state index contributed by atoms with van der Waals surface area (Å²) < 4.78 is 46.6. The zero-order valence-corrected chi connectivity index (χ0v) is 27.5. The molecule has 2 fully saturated rings.